The number of hydrogen-bond donors (Lipinski definition) is 0. The lowest BCUT2D eigenvalue weighted by molar-refractivity contribution is -0.113. The minimum atomic E-state index is -0.111. The average molecular weight is 301 g/mol. The Morgan fingerprint density at radius 2 is 1.95 bits per heavy atom. The molecule has 1 aromatic heterocycles. The molecule has 0 radical (unpaired) electrons. The van der Waals surface area contributed by atoms with E-state index in [0.717, 1.165) is 11.4 Å². The van der Waals surface area contributed by atoms with E-state index in [1.807, 2.05) is 49.4 Å². The van der Waals surface area contributed by atoms with Gasteiger partial charge in [-0.05, 0) is 31.2 Å². The van der Waals surface area contributed by atoms with Gasteiger partial charge in [-0.1, -0.05) is 42.2 Å². The number of nitrogens with zero attached hydrogens (tertiary/aromatic N) is 1. The van der Waals surface area contributed by atoms with Crippen molar-refractivity contribution in [1.82, 2.24) is 0 Å². The minimum Gasteiger partial charge on any atom is -0.462 e. The topological polar surface area (TPSA) is 33.5 Å². The third-order valence-corrected chi connectivity index (χ3v) is 4.14. The van der Waals surface area contributed by atoms with Crippen molar-refractivity contribution in [2.24, 2.45) is 0 Å². The van der Waals surface area contributed by atoms with Crippen molar-refractivity contribution < 1.29 is 9.21 Å². The Kier molecular flexibility index (Phi) is 3.46. The van der Waals surface area contributed by atoms with E-state index in [1.54, 1.807) is 11.0 Å². The Morgan fingerprint density at radius 1 is 1.20 bits per heavy atom. The standard InChI is InChI=1S/C15H11NO2S2/c1-10-7-8-12(18-10)9-13-14(17)16(15(19)20-13)11-5-3-2-4-6-11/h2-9H,1H3/b13-9-. The minimum absolute atomic E-state index is 0.111. The van der Waals surface area contributed by atoms with Crippen LogP contribution >= 0.6 is 24.0 Å². The number of hydrogen-bond acceptors (Lipinski definition) is 4. The van der Waals surface area contributed by atoms with Crippen molar-refractivity contribution in [3.63, 3.8) is 0 Å². The van der Waals surface area contributed by atoms with Gasteiger partial charge in [0.05, 0.1) is 10.6 Å². The fourth-order valence-corrected chi connectivity index (χ4v) is 3.21. The van der Waals surface area contributed by atoms with E-state index in [1.165, 1.54) is 11.8 Å². The summed E-state index contributed by atoms with van der Waals surface area (Å²) in [5.41, 5.74) is 0.786. The van der Waals surface area contributed by atoms with E-state index in [9.17, 15) is 4.79 Å². The number of aryl methyl sites for hydroxylation is 1. The maximum Gasteiger partial charge on any atom is 0.270 e. The van der Waals surface area contributed by atoms with E-state index in [4.69, 9.17) is 16.6 Å². The second-order valence-corrected chi connectivity index (χ2v) is 5.98. The molecule has 20 heavy (non-hydrogen) atoms. The molecule has 0 aliphatic carbocycles. The van der Waals surface area contributed by atoms with E-state index in [0.29, 0.717) is 15.0 Å². The lowest BCUT2D eigenvalue weighted by atomic mass is 10.3. The van der Waals surface area contributed by atoms with Gasteiger partial charge >= 0.3 is 0 Å². The largest absolute Gasteiger partial charge is 0.462 e. The number of para-hydroxylation sites is 1. The summed E-state index contributed by atoms with van der Waals surface area (Å²) in [5, 5.41) is 0. The van der Waals surface area contributed by atoms with Crippen LogP contribution in [-0.2, 0) is 4.79 Å². The first-order chi connectivity index (χ1) is 9.65. The van der Waals surface area contributed by atoms with Crippen LogP contribution < -0.4 is 4.90 Å². The molecule has 1 amide bonds. The Labute approximate surface area is 126 Å². The molecule has 3 nitrogen and oxygen atoms in total. The molecule has 1 aromatic carbocycles. The number of carbonyl (C=O) groups excluding carboxylic acids is 1. The van der Waals surface area contributed by atoms with Gasteiger partial charge in [0.1, 0.15) is 11.5 Å². The summed E-state index contributed by atoms with van der Waals surface area (Å²) in [5.74, 6) is 1.37. The van der Waals surface area contributed by atoms with E-state index >= 15 is 0 Å². The first-order valence-electron chi connectivity index (χ1n) is 6.04. The number of carbonyl (C=O) groups is 1. The van der Waals surface area contributed by atoms with Gasteiger partial charge in [0.15, 0.2) is 4.32 Å². The molecule has 2 aromatic rings. The molecule has 3 rings (SSSR count). The predicted molar refractivity (Wildman–Crippen MR) is 85.5 cm³/mol. The number of thioether (sulfide) groups is 1. The fourth-order valence-electron chi connectivity index (χ4n) is 1.93. The van der Waals surface area contributed by atoms with Crippen LogP contribution in [0.3, 0.4) is 0 Å². The number of benzene rings is 1. The summed E-state index contributed by atoms with van der Waals surface area (Å²) in [6.45, 7) is 1.87. The Hall–Kier alpha value is -1.85. The number of amides is 1. The number of rotatable bonds is 2. The third kappa shape index (κ3) is 2.42. The quantitative estimate of drug-likeness (QED) is 0.620. The average Bonchev–Trinajstić information content (AvgIpc) is 2.96. The molecular formula is C15H11NO2S2. The maximum atomic E-state index is 12.4. The van der Waals surface area contributed by atoms with E-state index in [-0.39, 0.29) is 5.91 Å². The van der Waals surface area contributed by atoms with Crippen molar-refractivity contribution in [2.45, 2.75) is 6.92 Å². The summed E-state index contributed by atoms with van der Waals surface area (Å²) in [4.78, 5) is 14.6. The first-order valence-corrected chi connectivity index (χ1v) is 7.27. The summed E-state index contributed by atoms with van der Waals surface area (Å²) in [7, 11) is 0. The molecule has 5 heteroatoms. The van der Waals surface area contributed by atoms with Gasteiger partial charge < -0.3 is 4.42 Å². The molecule has 0 bridgehead atoms. The highest BCUT2D eigenvalue weighted by Crippen LogP contribution is 2.35. The predicted octanol–water partition coefficient (Wildman–Crippen LogP) is 3.99. The molecule has 0 N–H and O–H groups in total. The summed E-state index contributed by atoms with van der Waals surface area (Å²) in [6.07, 6.45) is 1.73. The van der Waals surface area contributed by atoms with Crippen LogP contribution in [0.5, 0.6) is 0 Å². The summed E-state index contributed by atoms with van der Waals surface area (Å²) >= 11 is 6.58. The highest BCUT2D eigenvalue weighted by Gasteiger charge is 2.33. The highest BCUT2D eigenvalue weighted by atomic mass is 32.2. The van der Waals surface area contributed by atoms with Gasteiger partial charge in [0.2, 0.25) is 0 Å². The molecule has 2 heterocycles. The zero-order valence-electron chi connectivity index (χ0n) is 10.7. The Balaban J connectivity index is 1.93. The molecule has 1 fully saturated rings. The van der Waals surface area contributed by atoms with E-state index in [2.05, 4.69) is 0 Å². The van der Waals surface area contributed by atoms with Crippen LogP contribution in [0.15, 0.2) is 51.8 Å². The van der Waals surface area contributed by atoms with Gasteiger partial charge in [-0.25, -0.2) is 0 Å². The van der Waals surface area contributed by atoms with Gasteiger partial charge in [-0.2, -0.15) is 0 Å². The third-order valence-electron chi connectivity index (χ3n) is 2.84. The van der Waals surface area contributed by atoms with Gasteiger partial charge in [-0.3, -0.25) is 9.69 Å². The summed E-state index contributed by atoms with van der Waals surface area (Å²) in [6, 6.07) is 13.1. The zero-order chi connectivity index (χ0) is 14.1. The molecular weight excluding hydrogens is 290 g/mol. The molecule has 0 spiro atoms. The van der Waals surface area contributed by atoms with Crippen LogP contribution in [0.1, 0.15) is 11.5 Å². The highest BCUT2D eigenvalue weighted by molar-refractivity contribution is 8.27. The smallest absolute Gasteiger partial charge is 0.270 e. The normalized spacial score (nSPS) is 17.2. The molecule has 0 saturated carbocycles. The SMILES string of the molecule is Cc1ccc(/C=C2\SC(=S)N(c3ccccc3)C2=O)o1. The summed E-state index contributed by atoms with van der Waals surface area (Å²) < 4.78 is 6.00. The second kappa shape index (κ2) is 5.26. The first kappa shape index (κ1) is 13.1. The van der Waals surface area contributed by atoms with Crippen LogP contribution in [0.4, 0.5) is 5.69 Å². The lowest BCUT2D eigenvalue weighted by Crippen LogP contribution is -2.27. The van der Waals surface area contributed by atoms with Gasteiger partial charge in [0, 0.05) is 6.08 Å². The Bertz CT molecular complexity index is 704. The molecule has 0 atom stereocenters. The van der Waals surface area contributed by atoms with Crippen LogP contribution in [0.25, 0.3) is 6.08 Å². The molecule has 1 aliphatic rings. The molecule has 0 unspecified atom stereocenters. The number of thiocarbonyl (C=S) groups is 1. The van der Waals surface area contributed by atoms with Crippen molar-refractivity contribution in [2.75, 3.05) is 4.90 Å². The second-order valence-electron chi connectivity index (χ2n) is 4.30. The molecule has 100 valence electrons. The zero-order valence-corrected chi connectivity index (χ0v) is 12.3. The maximum absolute atomic E-state index is 12.4. The van der Waals surface area contributed by atoms with Gasteiger partial charge in [0.25, 0.3) is 5.91 Å². The van der Waals surface area contributed by atoms with Crippen molar-refractivity contribution in [3.05, 3.63) is 58.9 Å². The van der Waals surface area contributed by atoms with Crippen LogP contribution in [-0.4, -0.2) is 10.2 Å². The molecule has 1 aliphatic heterocycles. The van der Waals surface area contributed by atoms with E-state index < -0.39 is 0 Å². The molecule has 1 saturated heterocycles. The van der Waals surface area contributed by atoms with Crippen LogP contribution in [0, 0.1) is 6.92 Å². The number of anilines is 1. The Morgan fingerprint density at radius 3 is 2.60 bits per heavy atom. The van der Waals surface area contributed by atoms with Crippen LogP contribution in [0.2, 0.25) is 0 Å². The monoisotopic (exact) mass is 301 g/mol. The lowest BCUT2D eigenvalue weighted by Gasteiger charge is -2.13. The number of furan rings is 1. The van der Waals surface area contributed by atoms with Crippen molar-refractivity contribution in [1.29, 1.82) is 0 Å². The van der Waals surface area contributed by atoms with Gasteiger partial charge in [-0.15, -0.1) is 0 Å². The fraction of sp³-hybridized carbons (Fsp3) is 0.0667. The van der Waals surface area contributed by atoms with Crippen molar-refractivity contribution in [3.8, 4) is 0 Å². The van der Waals surface area contributed by atoms with Crippen molar-refractivity contribution >= 4 is 46.0 Å².